The lowest BCUT2D eigenvalue weighted by Gasteiger charge is -2.30. The molecule has 0 aromatic rings. The van der Waals surface area contributed by atoms with Gasteiger partial charge in [0, 0.05) is 0 Å². The van der Waals surface area contributed by atoms with E-state index in [0.717, 1.165) is 6.42 Å². The van der Waals surface area contributed by atoms with Crippen molar-refractivity contribution in [3.8, 4) is 0 Å². The van der Waals surface area contributed by atoms with Gasteiger partial charge < -0.3 is 13.9 Å². The molecule has 2 atom stereocenters. The highest BCUT2D eigenvalue weighted by molar-refractivity contribution is 7.39. The molecule has 48 valence electrons. The molecule has 1 fully saturated rings. The van der Waals surface area contributed by atoms with Gasteiger partial charge in [-0.3, -0.25) is 0 Å². The first-order valence-electron chi connectivity index (χ1n) is 2.56. The van der Waals surface area contributed by atoms with E-state index in [0.29, 0.717) is 6.61 Å². The Morgan fingerprint density at radius 1 is 1.75 bits per heavy atom. The summed E-state index contributed by atoms with van der Waals surface area (Å²) in [5, 5.41) is 0. The van der Waals surface area contributed by atoms with Crippen LogP contribution in [0.15, 0.2) is 0 Å². The fourth-order valence-electron chi connectivity index (χ4n) is 0.523. The summed E-state index contributed by atoms with van der Waals surface area (Å²) in [4.78, 5) is 10.4. The van der Waals surface area contributed by atoms with Gasteiger partial charge in [0.15, 0.2) is 0 Å². The van der Waals surface area contributed by atoms with Crippen molar-refractivity contribution >= 4 is 8.60 Å². The van der Waals surface area contributed by atoms with E-state index >= 15 is 0 Å². The first kappa shape index (κ1) is 6.43. The minimum atomic E-state index is -1.78. The van der Waals surface area contributed by atoms with Crippen molar-refractivity contribution in [2.75, 3.05) is 6.61 Å². The molecule has 1 aliphatic heterocycles. The summed E-state index contributed by atoms with van der Waals surface area (Å²) in [6.45, 7) is 2.45. The molecule has 0 bridgehead atoms. The second-order valence-corrected chi connectivity index (χ2v) is 2.68. The van der Waals surface area contributed by atoms with Crippen molar-refractivity contribution in [3.05, 3.63) is 0 Å². The van der Waals surface area contributed by atoms with Gasteiger partial charge in [-0.05, 0) is 13.3 Å². The molecule has 0 N–H and O–H groups in total. The summed E-state index contributed by atoms with van der Waals surface area (Å²) in [6, 6.07) is 0. The van der Waals surface area contributed by atoms with E-state index in [1.54, 1.807) is 0 Å². The molecule has 1 heterocycles. The third kappa shape index (κ3) is 1.67. The quantitative estimate of drug-likeness (QED) is 0.451. The van der Waals surface area contributed by atoms with Gasteiger partial charge >= 0.3 is 0 Å². The van der Waals surface area contributed by atoms with Crippen molar-refractivity contribution in [1.82, 2.24) is 0 Å². The Morgan fingerprint density at radius 2 is 2.50 bits per heavy atom. The average molecular weight is 135 g/mol. The van der Waals surface area contributed by atoms with E-state index in [1.807, 2.05) is 6.92 Å². The van der Waals surface area contributed by atoms with E-state index in [-0.39, 0.29) is 6.10 Å². The van der Waals surface area contributed by atoms with Gasteiger partial charge in [0.25, 0.3) is 0 Å². The molecule has 4 heteroatoms. The van der Waals surface area contributed by atoms with Gasteiger partial charge in [0.1, 0.15) is 0 Å². The van der Waals surface area contributed by atoms with E-state index in [2.05, 4.69) is 4.52 Å². The normalized spacial score (nSPS) is 39.8. The van der Waals surface area contributed by atoms with Crippen molar-refractivity contribution in [2.24, 2.45) is 0 Å². The Hall–Kier alpha value is 0.310. The Bertz CT molecular complexity index is 69.7. The molecule has 1 unspecified atom stereocenters. The second-order valence-electron chi connectivity index (χ2n) is 1.76. The highest BCUT2D eigenvalue weighted by Gasteiger charge is 2.10. The largest absolute Gasteiger partial charge is 0.786 e. The van der Waals surface area contributed by atoms with Crippen LogP contribution in [0.2, 0.25) is 0 Å². The third-order valence-electron chi connectivity index (χ3n) is 0.987. The predicted molar refractivity (Wildman–Crippen MR) is 28.0 cm³/mol. The second kappa shape index (κ2) is 2.74. The van der Waals surface area contributed by atoms with Gasteiger partial charge in [-0.1, -0.05) is 0 Å². The van der Waals surface area contributed by atoms with Gasteiger partial charge in [0.2, 0.25) is 0 Å². The highest BCUT2D eigenvalue weighted by atomic mass is 31.2. The van der Waals surface area contributed by atoms with Crippen LogP contribution in [0, 0.1) is 0 Å². The average Bonchev–Trinajstić information content (AvgIpc) is 1.64. The molecule has 0 radical (unpaired) electrons. The zero-order valence-electron chi connectivity index (χ0n) is 4.66. The highest BCUT2D eigenvalue weighted by Crippen LogP contribution is 2.34. The summed E-state index contributed by atoms with van der Waals surface area (Å²) >= 11 is 0. The van der Waals surface area contributed by atoms with E-state index in [1.165, 1.54) is 0 Å². The van der Waals surface area contributed by atoms with Crippen LogP contribution in [-0.2, 0) is 9.05 Å². The predicted octanol–water partition coefficient (Wildman–Crippen LogP) is 0.399. The summed E-state index contributed by atoms with van der Waals surface area (Å²) in [6.07, 6.45) is 0.952. The number of hydrogen-bond acceptors (Lipinski definition) is 3. The standard InChI is InChI=1S/C4H8O3P/c1-4-2-3-6-8(5)7-4/h4H,2-3H2,1H3/q-1/t4-,8?/m0/s1. The topological polar surface area (TPSA) is 41.5 Å². The monoisotopic (exact) mass is 135 g/mol. The van der Waals surface area contributed by atoms with Crippen LogP contribution in [0.4, 0.5) is 0 Å². The zero-order chi connectivity index (χ0) is 5.98. The first-order valence-corrected chi connectivity index (χ1v) is 3.65. The first-order chi connectivity index (χ1) is 3.79. The SMILES string of the molecule is C[C@H]1CCOP([O-])O1. The van der Waals surface area contributed by atoms with E-state index < -0.39 is 8.60 Å². The van der Waals surface area contributed by atoms with Crippen LogP contribution in [-0.4, -0.2) is 12.7 Å². The molecular formula is C4H8O3P-. The Morgan fingerprint density at radius 3 is 2.88 bits per heavy atom. The van der Waals surface area contributed by atoms with Crippen LogP contribution in [0.25, 0.3) is 0 Å². The number of rotatable bonds is 0. The summed E-state index contributed by atoms with van der Waals surface area (Å²) in [5.41, 5.74) is 0. The van der Waals surface area contributed by atoms with Gasteiger partial charge in [-0.25, -0.2) is 0 Å². The Labute approximate surface area is 49.6 Å². The van der Waals surface area contributed by atoms with Crippen LogP contribution in [0.5, 0.6) is 0 Å². The number of hydrogen-bond donors (Lipinski definition) is 0. The summed E-state index contributed by atoms with van der Waals surface area (Å²) in [7, 11) is -1.78. The fourth-order valence-corrected chi connectivity index (χ4v) is 1.24. The molecule has 0 aromatic carbocycles. The lowest BCUT2D eigenvalue weighted by atomic mass is 10.3. The fraction of sp³-hybridized carbons (Fsp3) is 1.00. The van der Waals surface area contributed by atoms with Crippen molar-refractivity contribution < 1.29 is 13.9 Å². The molecular weight excluding hydrogens is 127 g/mol. The maximum absolute atomic E-state index is 10.4. The van der Waals surface area contributed by atoms with Crippen molar-refractivity contribution in [3.63, 3.8) is 0 Å². The summed E-state index contributed by atoms with van der Waals surface area (Å²) in [5.74, 6) is 0. The van der Waals surface area contributed by atoms with Crippen LogP contribution in [0.3, 0.4) is 0 Å². The van der Waals surface area contributed by atoms with E-state index in [4.69, 9.17) is 4.52 Å². The maximum atomic E-state index is 10.4. The third-order valence-corrected chi connectivity index (χ3v) is 1.91. The lowest BCUT2D eigenvalue weighted by Crippen LogP contribution is -2.19. The van der Waals surface area contributed by atoms with Crippen LogP contribution < -0.4 is 4.89 Å². The Kier molecular flexibility index (Phi) is 2.20. The van der Waals surface area contributed by atoms with Crippen molar-refractivity contribution in [2.45, 2.75) is 19.4 Å². The Balaban J connectivity index is 2.23. The molecule has 8 heavy (non-hydrogen) atoms. The molecule has 1 aliphatic rings. The van der Waals surface area contributed by atoms with Gasteiger partial charge in [-0.2, -0.15) is 0 Å². The van der Waals surface area contributed by atoms with Gasteiger partial charge in [-0.15, -0.1) is 0 Å². The summed E-state index contributed by atoms with van der Waals surface area (Å²) < 4.78 is 9.41. The smallest absolute Gasteiger partial charge is 0.0832 e. The molecule has 0 aliphatic carbocycles. The van der Waals surface area contributed by atoms with Crippen LogP contribution >= 0.6 is 8.60 Å². The molecule has 0 spiro atoms. The minimum Gasteiger partial charge on any atom is -0.786 e. The van der Waals surface area contributed by atoms with E-state index in [9.17, 15) is 4.89 Å². The van der Waals surface area contributed by atoms with Crippen LogP contribution in [0.1, 0.15) is 13.3 Å². The molecule has 1 saturated heterocycles. The lowest BCUT2D eigenvalue weighted by molar-refractivity contribution is -0.214. The minimum absolute atomic E-state index is 0.104. The molecule has 0 aromatic heterocycles. The molecule has 1 rings (SSSR count). The molecule has 3 nitrogen and oxygen atoms in total. The molecule has 0 amide bonds. The molecule has 0 saturated carbocycles. The maximum Gasteiger partial charge on any atom is 0.0832 e. The van der Waals surface area contributed by atoms with Gasteiger partial charge in [0.05, 0.1) is 21.3 Å². The van der Waals surface area contributed by atoms with Crippen molar-refractivity contribution in [1.29, 1.82) is 0 Å². The zero-order valence-corrected chi connectivity index (χ0v) is 5.56.